The molecular weight excluding hydrogens is 200 g/mol. The summed E-state index contributed by atoms with van der Waals surface area (Å²) in [5.74, 6) is 1.31. The van der Waals surface area contributed by atoms with Crippen molar-refractivity contribution in [2.75, 3.05) is 6.54 Å². The van der Waals surface area contributed by atoms with E-state index in [9.17, 15) is 0 Å². The van der Waals surface area contributed by atoms with Crippen molar-refractivity contribution in [1.29, 1.82) is 0 Å². The molecule has 0 amide bonds. The predicted molar refractivity (Wildman–Crippen MR) is 64.2 cm³/mol. The molecule has 1 fully saturated rings. The third-order valence-electron chi connectivity index (χ3n) is 3.26. The lowest BCUT2D eigenvalue weighted by molar-refractivity contribution is 0.369. The quantitative estimate of drug-likeness (QED) is 0.825. The second-order valence-corrected chi connectivity index (χ2v) is 5.16. The fourth-order valence-electron chi connectivity index (χ4n) is 2.28. The minimum atomic E-state index is 0.617. The first-order chi connectivity index (χ1) is 7.72. The lowest BCUT2D eigenvalue weighted by Crippen LogP contribution is -2.19. The van der Waals surface area contributed by atoms with E-state index in [1.807, 2.05) is 0 Å². The van der Waals surface area contributed by atoms with Crippen molar-refractivity contribution in [1.82, 2.24) is 15.0 Å². The van der Waals surface area contributed by atoms with Crippen LogP contribution in [0.25, 0.3) is 0 Å². The van der Waals surface area contributed by atoms with Gasteiger partial charge in [-0.2, -0.15) is 0 Å². The number of nitrogens with two attached hydrogens (primary N) is 1. The van der Waals surface area contributed by atoms with E-state index in [0.717, 1.165) is 18.7 Å². The van der Waals surface area contributed by atoms with E-state index in [-0.39, 0.29) is 0 Å². The van der Waals surface area contributed by atoms with Crippen molar-refractivity contribution in [3.05, 3.63) is 11.4 Å². The lowest BCUT2D eigenvalue weighted by atomic mass is 9.81. The van der Waals surface area contributed by atoms with Gasteiger partial charge in [0.25, 0.3) is 0 Å². The molecule has 2 N–H and O–H groups in total. The minimum Gasteiger partial charge on any atom is -0.330 e. The highest BCUT2D eigenvalue weighted by molar-refractivity contribution is 5.18. The standard InChI is InChI=1S/C12H22N4/c1-9(2)8-16-12(10-4-3-5-10)11(6-7-13)14-15-16/h9-10H,3-8,13H2,1-2H3. The molecule has 0 aromatic carbocycles. The Hall–Kier alpha value is -0.900. The van der Waals surface area contributed by atoms with Gasteiger partial charge in [0.1, 0.15) is 0 Å². The van der Waals surface area contributed by atoms with Crippen LogP contribution in [0, 0.1) is 5.92 Å². The maximum atomic E-state index is 5.62. The molecular formula is C12H22N4. The molecule has 0 spiro atoms. The Balaban J connectivity index is 2.22. The van der Waals surface area contributed by atoms with E-state index in [1.54, 1.807) is 0 Å². The van der Waals surface area contributed by atoms with Crippen LogP contribution in [0.1, 0.15) is 50.4 Å². The Bertz CT molecular complexity index is 339. The van der Waals surface area contributed by atoms with Gasteiger partial charge in [-0.05, 0) is 25.3 Å². The second kappa shape index (κ2) is 4.95. The Labute approximate surface area is 97.2 Å². The first-order valence-electron chi connectivity index (χ1n) is 6.34. The topological polar surface area (TPSA) is 56.7 Å². The van der Waals surface area contributed by atoms with Crippen LogP contribution < -0.4 is 5.73 Å². The Morgan fingerprint density at radius 1 is 1.44 bits per heavy atom. The zero-order valence-electron chi connectivity index (χ0n) is 10.3. The normalized spacial score (nSPS) is 16.8. The maximum Gasteiger partial charge on any atom is 0.0874 e. The van der Waals surface area contributed by atoms with Crippen LogP contribution in [0.5, 0.6) is 0 Å². The summed E-state index contributed by atoms with van der Waals surface area (Å²) < 4.78 is 2.11. The maximum absolute atomic E-state index is 5.62. The third kappa shape index (κ3) is 2.26. The SMILES string of the molecule is CC(C)Cn1nnc(CCN)c1C1CCC1. The zero-order valence-corrected chi connectivity index (χ0v) is 10.3. The Morgan fingerprint density at radius 2 is 2.19 bits per heavy atom. The summed E-state index contributed by atoms with van der Waals surface area (Å²) in [5, 5.41) is 8.58. The average Bonchev–Trinajstić information content (AvgIpc) is 2.48. The predicted octanol–water partition coefficient (Wildman–Crippen LogP) is 1.70. The molecule has 1 heterocycles. The van der Waals surface area contributed by atoms with Crippen LogP contribution in [-0.4, -0.2) is 21.5 Å². The molecule has 2 rings (SSSR count). The largest absolute Gasteiger partial charge is 0.330 e. The summed E-state index contributed by atoms with van der Waals surface area (Å²) in [4.78, 5) is 0. The number of aromatic nitrogens is 3. The van der Waals surface area contributed by atoms with E-state index in [0.29, 0.717) is 18.4 Å². The molecule has 0 saturated heterocycles. The first kappa shape index (κ1) is 11.6. The van der Waals surface area contributed by atoms with E-state index in [1.165, 1.54) is 25.0 Å². The molecule has 1 saturated carbocycles. The van der Waals surface area contributed by atoms with Crippen molar-refractivity contribution in [2.45, 2.75) is 52.0 Å². The molecule has 0 aliphatic heterocycles. The number of nitrogens with zero attached hydrogens (tertiary/aromatic N) is 3. The van der Waals surface area contributed by atoms with Crippen LogP contribution in [-0.2, 0) is 13.0 Å². The number of hydrogen-bond donors (Lipinski definition) is 1. The van der Waals surface area contributed by atoms with Gasteiger partial charge in [0.05, 0.1) is 11.4 Å². The lowest BCUT2D eigenvalue weighted by Gasteiger charge is -2.27. The van der Waals surface area contributed by atoms with Gasteiger partial charge in [-0.3, -0.25) is 0 Å². The van der Waals surface area contributed by atoms with Gasteiger partial charge in [0.2, 0.25) is 0 Å². The van der Waals surface area contributed by atoms with Gasteiger partial charge in [0, 0.05) is 18.9 Å². The summed E-state index contributed by atoms with van der Waals surface area (Å²) in [6, 6.07) is 0. The molecule has 16 heavy (non-hydrogen) atoms. The third-order valence-corrected chi connectivity index (χ3v) is 3.26. The van der Waals surface area contributed by atoms with Gasteiger partial charge >= 0.3 is 0 Å². The number of rotatable bonds is 5. The molecule has 4 nitrogen and oxygen atoms in total. The highest BCUT2D eigenvalue weighted by Gasteiger charge is 2.27. The van der Waals surface area contributed by atoms with Crippen LogP contribution >= 0.6 is 0 Å². The number of hydrogen-bond acceptors (Lipinski definition) is 3. The smallest absolute Gasteiger partial charge is 0.0874 e. The van der Waals surface area contributed by atoms with Crippen LogP contribution in [0.2, 0.25) is 0 Å². The molecule has 1 aromatic heterocycles. The van der Waals surface area contributed by atoms with E-state index in [2.05, 4.69) is 28.8 Å². The molecule has 1 aliphatic rings. The minimum absolute atomic E-state index is 0.617. The average molecular weight is 222 g/mol. The molecule has 0 bridgehead atoms. The summed E-state index contributed by atoms with van der Waals surface area (Å²) in [7, 11) is 0. The zero-order chi connectivity index (χ0) is 11.5. The molecule has 1 aliphatic carbocycles. The molecule has 1 aromatic rings. The Kier molecular flexibility index (Phi) is 3.59. The summed E-state index contributed by atoms with van der Waals surface area (Å²) in [5.41, 5.74) is 8.12. The van der Waals surface area contributed by atoms with Gasteiger partial charge in [-0.15, -0.1) is 5.10 Å². The van der Waals surface area contributed by atoms with E-state index in [4.69, 9.17) is 5.73 Å². The highest BCUT2D eigenvalue weighted by atomic mass is 15.4. The molecule has 90 valence electrons. The molecule has 4 heteroatoms. The van der Waals surface area contributed by atoms with Crippen molar-refractivity contribution in [2.24, 2.45) is 11.7 Å². The second-order valence-electron chi connectivity index (χ2n) is 5.16. The van der Waals surface area contributed by atoms with E-state index < -0.39 is 0 Å². The van der Waals surface area contributed by atoms with Crippen molar-refractivity contribution >= 4 is 0 Å². The van der Waals surface area contributed by atoms with Gasteiger partial charge in [-0.25, -0.2) is 4.68 Å². The van der Waals surface area contributed by atoms with Gasteiger partial charge < -0.3 is 5.73 Å². The summed E-state index contributed by atoms with van der Waals surface area (Å²) >= 11 is 0. The first-order valence-corrected chi connectivity index (χ1v) is 6.34. The Morgan fingerprint density at radius 3 is 2.69 bits per heavy atom. The fourth-order valence-corrected chi connectivity index (χ4v) is 2.28. The van der Waals surface area contributed by atoms with Crippen molar-refractivity contribution in [3.63, 3.8) is 0 Å². The molecule has 0 radical (unpaired) electrons. The van der Waals surface area contributed by atoms with Crippen molar-refractivity contribution < 1.29 is 0 Å². The highest BCUT2D eigenvalue weighted by Crippen LogP contribution is 2.37. The van der Waals surface area contributed by atoms with E-state index >= 15 is 0 Å². The van der Waals surface area contributed by atoms with Crippen molar-refractivity contribution in [3.8, 4) is 0 Å². The van der Waals surface area contributed by atoms with Gasteiger partial charge in [-0.1, -0.05) is 25.5 Å². The summed E-state index contributed by atoms with van der Waals surface area (Å²) in [6.07, 6.45) is 4.80. The molecule has 0 atom stereocenters. The van der Waals surface area contributed by atoms with Crippen LogP contribution in [0.4, 0.5) is 0 Å². The monoisotopic (exact) mass is 222 g/mol. The molecule has 0 unspecified atom stereocenters. The van der Waals surface area contributed by atoms with Crippen LogP contribution in [0.15, 0.2) is 0 Å². The van der Waals surface area contributed by atoms with Crippen LogP contribution in [0.3, 0.4) is 0 Å². The fraction of sp³-hybridized carbons (Fsp3) is 0.833. The summed E-state index contributed by atoms with van der Waals surface area (Å²) in [6.45, 7) is 6.08. The van der Waals surface area contributed by atoms with Gasteiger partial charge in [0.15, 0.2) is 0 Å².